The third kappa shape index (κ3) is 5.53. The molecule has 3 N–H and O–H groups in total. The first-order valence-corrected chi connectivity index (χ1v) is 8.31. The predicted molar refractivity (Wildman–Crippen MR) is 95.1 cm³/mol. The van der Waals surface area contributed by atoms with Crippen LogP contribution in [0, 0.1) is 5.82 Å². The highest BCUT2D eigenvalue weighted by Gasteiger charge is 2.29. The number of nitrogens with zero attached hydrogens (tertiary/aromatic N) is 4. The molecule has 0 radical (unpaired) electrons. The molecule has 27 heavy (non-hydrogen) atoms. The Morgan fingerprint density at radius 1 is 1.33 bits per heavy atom. The van der Waals surface area contributed by atoms with Crippen molar-refractivity contribution in [1.82, 2.24) is 20.2 Å². The third-order valence-electron chi connectivity index (χ3n) is 3.91. The molecule has 0 fully saturated rings. The smallest absolute Gasteiger partial charge is 0.313 e. The molecule has 1 heterocycles. The lowest BCUT2D eigenvalue weighted by atomic mass is 9.90. The van der Waals surface area contributed by atoms with Crippen molar-refractivity contribution in [3.05, 3.63) is 60.2 Å². The number of hydrogen-bond donors (Lipinski definition) is 3. The summed E-state index contributed by atoms with van der Waals surface area (Å²) in [6, 6.07) is 4.83. The Bertz CT molecular complexity index is 819. The first-order valence-electron chi connectivity index (χ1n) is 8.31. The molecule has 0 aliphatic rings. The van der Waals surface area contributed by atoms with Crippen molar-refractivity contribution >= 4 is 11.5 Å². The number of allylic oxidation sites excluding steroid dienone is 2. The van der Waals surface area contributed by atoms with E-state index in [1.165, 1.54) is 29.1 Å². The van der Waals surface area contributed by atoms with Crippen LogP contribution in [0.3, 0.4) is 0 Å². The molecule has 0 bridgehead atoms. The van der Waals surface area contributed by atoms with Gasteiger partial charge in [0.2, 0.25) is 5.82 Å². The normalized spacial score (nSPS) is 14.8. The van der Waals surface area contributed by atoms with Crippen LogP contribution in [-0.4, -0.2) is 53.7 Å². The first-order chi connectivity index (χ1) is 12.8. The lowest BCUT2D eigenvalue weighted by Crippen LogP contribution is -2.29. The second-order valence-electron chi connectivity index (χ2n) is 5.92. The maximum Gasteiger partial charge on any atom is 0.313 e. The Kier molecular flexibility index (Phi) is 6.91. The van der Waals surface area contributed by atoms with E-state index in [9.17, 15) is 24.5 Å². The van der Waals surface area contributed by atoms with Crippen LogP contribution in [0.5, 0.6) is 0 Å². The summed E-state index contributed by atoms with van der Waals surface area (Å²) >= 11 is 0. The zero-order valence-corrected chi connectivity index (χ0v) is 14.7. The molecular weight excluding hydrogens is 355 g/mol. The van der Waals surface area contributed by atoms with Gasteiger partial charge >= 0.3 is 5.97 Å². The van der Waals surface area contributed by atoms with E-state index in [0.29, 0.717) is 17.9 Å². The van der Waals surface area contributed by atoms with Crippen molar-refractivity contribution in [1.29, 1.82) is 0 Å². The van der Waals surface area contributed by atoms with E-state index in [4.69, 9.17) is 0 Å². The highest BCUT2D eigenvalue weighted by Crippen LogP contribution is 2.24. The maximum atomic E-state index is 13.0. The SMILES string of the molecule is C=C(C=CC(O)CC(O)C(C(=O)O)c1ccc(F)cc1)c1nnn(CC)n1. The molecule has 9 heteroatoms. The van der Waals surface area contributed by atoms with Gasteiger partial charge in [0, 0.05) is 12.0 Å². The van der Waals surface area contributed by atoms with Crippen molar-refractivity contribution in [3.63, 3.8) is 0 Å². The van der Waals surface area contributed by atoms with Crippen LogP contribution < -0.4 is 0 Å². The van der Waals surface area contributed by atoms with Gasteiger partial charge < -0.3 is 15.3 Å². The highest BCUT2D eigenvalue weighted by molar-refractivity contribution is 5.76. The zero-order chi connectivity index (χ0) is 20.0. The van der Waals surface area contributed by atoms with Gasteiger partial charge in [-0.15, -0.1) is 10.2 Å². The van der Waals surface area contributed by atoms with Crippen LogP contribution in [0.15, 0.2) is 43.0 Å². The Labute approximate surface area is 155 Å². The van der Waals surface area contributed by atoms with Crippen LogP contribution in [0.2, 0.25) is 0 Å². The molecule has 1 aromatic carbocycles. The number of rotatable bonds is 9. The van der Waals surface area contributed by atoms with Gasteiger partial charge in [-0.05, 0) is 29.8 Å². The summed E-state index contributed by atoms with van der Waals surface area (Å²) in [5.74, 6) is -2.76. The van der Waals surface area contributed by atoms with E-state index in [1.807, 2.05) is 6.92 Å². The van der Waals surface area contributed by atoms with Gasteiger partial charge in [-0.25, -0.2) is 4.39 Å². The van der Waals surface area contributed by atoms with Crippen molar-refractivity contribution in [2.75, 3.05) is 0 Å². The van der Waals surface area contributed by atoms with Crippen LogP contribution in [0.4, 0.5) is 4.39 Å². The number of carboxylic acid groups (broad SMARTS) is 1. The second kappa shape index (κ2) is 9.15. The minimum atomic E-state index is -1.38. The van der Waals surface area contributed by atoms with Crippen molar-refractivity contribution in [2.45, 2.75) is 38.0 Å². The van der Waals surface area contributed by atoms with E-state index in [2.05, 4.69) is 22.0 Å². The molecule has 2 aromatic rings. The quantitative estimate of drug-likeness (QED) is 0.565. The van der Waals surface area contributed by atoms with E-state index < -0.39 is 29.9 Å². The summed E-state index contributed by atoms with van der Waals surface area (Å²) in [6.07, 6.45) is 0.108. The molecule has 0 aliphatic carbocycles. The number of aliphatic hydroxyl groups excluding tert-OH is 2. The molecule has 2 rings (SSSR count). The van der Waals surface area contributed by atoms with Gasteiger partial charge in [-0.1, -0.05) is 30.9 Å². The second-order valence-corrected chi connectivity index (χ2v) is 5.92. The van der Waals surface area contributed by atoms with Crippen LogP contribution in [-0.2, 0) is 11.3 Å². The van der Waals surface area contributed by atoms with E-state index in [0.717, 1.165) is 12.1 Å². The van der Waals surface area contributed by atoms with Gasteiger partial charge in [0.1, 0.15) is 11.7 Å². The average molecular weight is 376 g/mol. The van der Waals surface area contributed by atoms with Gasteiger partial charge in [-0.2, -0.15) is 4.80 Å². The van der Waals surface area contributed by atoms with Crippen LogP contribution >= 0.6 is 0 Å². The average Bonchev–Trinajstić information content (AvgIpc) is 3.10. The van der Waals surface area contributed by atoms with Crippen molar-refractivity contribution < 1.29 is 24.5 Å². The lowest BCUT2D eigenvalue weighted by Gasteiger charge is -2.21. The van der Waals surface area contributed by atoms with E-state index >= 15 is 0 Å². The molecule has 0 spiro atoms. The number of halogens is 1. The lowest BCUT2D eigenvalue weighted by molar-refractivity contribution is -0.142. The summed E-state index contributed by atoms with van der Waals surface area (Å²) in [6.45, 7) is 6.19. The van der Waals surface area contributed by atoms with Gasteiger partial charge in [-0.3, -0.25) is 4.79 Å². The maximum absolute atomic E-state index is 13.0. The highest BCUT2D eigenvalue weighted by atomic mass is 19.1. The molecule has 0 saturated heterocycles. The molecule has 0 amide bonds. The number of aliphatic carboxylic acids is 1. The Hall–Kier alpha value is -2.91. The number of benzene rings is 1. The van der Waals surface area contributed by atoms with Crippen molar-refractivity contribution in [2.24, 2.45) is 0 Å². The molecular formula is C18H21FN4O4. The topological polar surface area (TPSA) is 121 Å². The number of aliphatic hydroxyl groups is 2. The Morgan fingerprint density at radius 3 is 2.56 bits per heavy atom. The minimum absolute atomic E-state index is 0.229. The fraction of sp³-hybridized carbons (Fsp3) is 0.333. The van der Waals surface area contributed by atoms with Crippen LogP contribution in [0.1, 0.15) is 30.7 Å². The molecule has 3 atom stereocenters. The van der Waals surface area contributed by atoms with Crippen LogP contribution in [0.25, 0.3) is 5.57 Å². The van der Waals surface area contributed by atoms with Gasteiger partial charge in [0.05, 0.1) is 18.8 Å². The molecule has 0 saturated carbocycles. The number of tetrazole rings is 1. The number of carboxylic acids is 1. The number of aromatic nitrogens is 4. The van der Waals surface area contributed by atoms with Gasteiger partial charge in [0.25, 0.3) is 0 Å². The Balaban J connectivity index is 2.01. The molecule has 8 nitrogen and oxygen atoms in total. The third-order valence-corrected chi connectivity index (χ3v) is 3.91. The first kappa shape index (κ1) is 20.4. The summed E-state index contributed by atoms with van der Waals surface area (Å²) in [4.78, 5) is 12.9. The summed E-state index contributed by atoms with van der Waals surface area (Å²) < 4.78 is 13.0. The van der Waals surface area contributed by atoms with E-state index in [-0.39, 0.29) is 12.0 Å². The molecule has 3 unspecified atom stereocenters. The molecule has 144 valence electrons. The predicted octanol–water partition coefficient (Wildman–Crippen LogP) is 1.38. The monoisotopic (exact) mass is 376 g/mol. The number of aryl methyl sites for hydroxylation is 1. The largest absolute Gasteiger partial charge is 0.481 e. The standard InChI is InChI=1S/C18H21FN4O4/c1-3-23-21-17(20-22-23)11(2)4-9-14(24)10-15(25)16(18(26)27)12-5-7-13(19)8-6-12/h4-9,14-16,24-25H,2-3,10H2,1H3,(H,26,27). The zero-order valence-electron chi connectivity index (χ0n) is 14.7. The van der Waals surface area contributed by atoms with E-state index in [1.54, 1.807) is 0 Å². The summed E-state index contributed by atoms with van der Waals surface area (Å²) in [5.41, 5.74) is 0.661. The summed E-state index contributed by atoms with van der Waals surface area (Å²) in [5, 5.41) is 41.4. The molecule has 0 aliphatic heterocycles. The summed E-state index contributed by atoms with van der Waals surface area (Å²) in [7, 11) is 0. The number of carbonyl (C=O) groups is 1. The Morgan fingerprint density at radius 2 is 2.00 bits per heavy atom. The van der Waals surface area contributed by atoms with Crippen molar-refractivity contribution in [3.8, 4) is 0 Å². The molecule has 1 aromatic heterocycles. The fourth-order valence-electron chi connectivity index (χ4n) is 2.47. The minimum Gasteiger partial charge on any atom is -0.481 e. The fourth-order valence-corrected chi connectivity index (χ4v) is 2.47. The number of hydrogen-bond acceptors (Lipinski definition) is 6. The van der Waals surface area contributed by atoms with Gasteiger partial charge in [0.15, 0.2) is 0 Å².